The van der Waals surface area contributed by atoms with Gasteiger partial charge in [-0.15, -0.1) is 0 Å². The maximum absolute atomic E-state index is 11.9. The number of amides is 1. The molecule has 0 aliphatic rings. The molecule has 19 heavy (non-hydrogen) atoms. The van der Waals surface area contributed by atoms with Gasteiger partial charge in [-0.1, -0.05) is 23.2 Å². The second kappa shape index (κ2) is 6.46. The molecule has 0 radical (unpaired) electrons. The molecule has 6 heteroatoms. The summed E-state index contributed by atoms with van der Waals surface area (Å²) in [5.41, 5.74) is -0.696. The molecule has 1 aromatic carbocycles. The van der Waals surface area contributed by atoms with E-state index in [1.165, 1.54) is 0 Å². The third kappa shape index (κ3) is 4.90. The summed E-state index contributed by atoms with van der Waals surface area (Å²) in [6, 6.07) is 4.78. The molecule has 0 fully saturated rings. The van der Waals surface area contributed by atoms with E-state index in [9.17, 15) is 4.79 Å². The van der Waals surface area contributed by atoms with Gasteiger partial charge in [0.1, 0.15) is 5.75 Å². The van der Waals surface area contributed by atoms with Crippen molar-refractivity contribution in [3.05, 3.63) is 28.2 Å². The van der Waals surface area contributed by atoms with Crippen LogP contribution in [0.15, 0.2) is 18.2 Å². The van der Waals surface area contributed by atoms with Crippen molar-refractivity contribution in [1.29, 1.82) is 0 Å². The second-order valence-corrected chi connectivity index (χ2v) is 5.71. The minimum Gasteiger partial charge on any atom is -0.479 e. The highest BCUT2D eigenvalue weighted by Gasteiger charge is 2.24. The lowest BCUT2D eigenvalue weighted by atomic mass is 10.1. The van der Waals surface area contributed by atoms with Crippen LogP contribution in [0.1, 0.15) is 20.8 Å². The first-order chi connectivity index (χ1) is 8.75. The van der Waals surface area contributed by atoms with Crippen LogP contribution in [0.2, 0.25) is 10.0 Å². The van der Waals surface area contributed by atoms with Crippen LogP contribution in [-0.4, -0.2) is 29.3 Å². The lowest BCUT2D eigenvalue weighted by molar-refractivity contribution is -0.129. The molecule has 1 amide bonds. The fourth-order valence-corrected chi connectivity index (χ4v) is 1.74. The van der Waals surface area contributed by atoms with Crippen molar-refractivity contribution < 1.29 is 14.6 Å². The number of aliphatic hydroxyl groups excluding tert-OH is 1. The van der Waals surface area contributed by atoms with E-state index in [4.69, 9.17) is 33.0 Å². The van der Waals surface area contributed by atoms with Crippen LogP contribution in [0, 0.1) is 0 Å². The molecule has 4 nitrogen and oxygen atoms in total. The van der Waals surface area contributed by atoms with Crippen LogP contribution >= 0.6 is 23.2 Å². The highest BCUT2D eigenvalue weighted by molar-refractivity contribution is 6.35. The second-order valence-electron chi connectivity index (χ2n) is 4.87. The predicted octanol–water partition coefficient (Wildman–Crippen LogP) is 2.65. The van der Waals surface area contributed by atoms with E-state index in [2.05, 4.69) is 5.32 Å². The summed E-state index contributed by atoms with van der Waals surface area (Å²) in [7, 11) is 0. The van der Waals surface area contributed by atoms with Crippen LogP contribution < -0.4 is 10.1 Å². The van der Waals surface area contributed by atoms with Crippen molar-refractivity contribution in [2.45, 2.75) is 32.4 Å². The summed E-state index contributed by atoms with van der Waals surface area (Å²) < 4.78 is 5.47. The van der Waals surface area contributed by atoms with Crippen molar-refractivity contribution >= 4 is 29.1 Å². The minimum atomic E-state index is -0.732. The van der Waals surface area contributed by atoms with Crippen LogP contribution in [-0.2, 0) is 4.79 Å². The Hall–Kier alpha value is -0.970. The molecule has 0 saturated heterocycles. The maximum Gasteiger partial charge on any atom is 0.261 e. The molecule has 1 aromatic rings. The SMILES string of the molecule is CC(Oc1ccc(Cl)cc1Cl)C(=O)NC(C)(C)CO. The summed E-state index contributed by atoms with van der Waals surface area (Å²) in [6.07, 6.45) is -0.732. The zero-order valence-corrected chi connectivity index (χ0v) is 12.5. The summed E-state index contributed by atoms with van der Waals surface area (Å²) in [6.45, 7) is 4.88. The predicted molar refractivity (Wildman–Crippen MR) is 75.9 cm³/mol. The minimum absolute atomic E-state index is 0.160. The zero-order valence-electron chi connectivity index (χ0n) is 11.0. The quantitative estimate of drug-likeness (QED) is 0.879. The number of carbonyl (C=O) groups is 1. The summed E-state index contributed by atoms with van der Waals surface area (Å²) in [5, 5.41) is 12.6. The van der Waals surface area contributed by atoms with Crippen LogP contribution in [0.25, 0.3) is 0 Å². The normalized spacial score (nSPS) is 12.9. The number of nitrogens with one attached hydrogen (secondary N) is 1. The van der Waals surface area contributed by atoms with Gasteiger partial charge in [-0.05, 0) is 39.0 Å². The van der Waals surface area contributed by atoms with E-state index in [-0.39, 0.29) is 12.5 Å². The highest BCUT2D eigenvalue weighted by atomic mass is 35.5. The van der Waals surface area contributed by atoms with E-state index < -0.39 is 11.6 Å². The Bertz CT molecular complexity index is 463. The number of ether oxygens (including phenoxy) is 1. The molecule has 0 bridgehead atoms. The van der Waals surface area contributed by atoms with E-state index in [1.807, 2.05) is 0 Å². The van der Waals surface area contributed by atoms with Gasteiger partial charge >= 0.3 is 0 Å². The van der Waals surface area contributed by atoms with Gasteiger partial charge in [0.15, 0.2) is 6.10 Å². The van der Waals surface area contributed by atoms with Gasteiger partial charge < -0.3 is 15.2 Å². The molecule has 0 aliphatic carbocycles. The van der Waals surface area contributed by atoms with Crippen molar-refractivity contribution in [2.75, 3.05) is 6.61 Å². The van der Waals surface area contributed by atoms with E-state index >= 15 is 0 Å². The Morgan fingerprint density at radius 3 is 2.63 bits per heavy atom. The van der Waals surface area contributed by atoms with Crippen molar-refractivity contribution in [2.24, 2.45) is 0 Å². The van der Waals surface area contributed by atoms with Gasteiger partial charge in [0.25, 0.3) is 5.91 Å². The lowest BCUT2D eigenvalue weighted by Gasteiger charge is -2.25. The van der Waals surface area contributed by atoms with E-state index in [0.717, 1.165) is 0 Å². The van der Waals surface area contributed by atoms with Crippen molar-refractivity contribution in [1.82, 2.24) is 5.32 Å². The Kier molecular flexibility index (Phi) is 5.47. The molecule has 1 unspecified atom stereocenters. The first kappa shape index (κ1) is 16.1. The number of hydrogen-bond acceptors (Lipinski definition) is 3. The molecular weight excluding hydrogens is 289 g/mol. The molecule has 2 N–H and O–H groups in total. The third-order valence-electron chi connectivity index (χ3n) is 2.42. The summed E-state index contributed by atoms with van der Waals surface area (Å²) in [4.78, 5) is 11.9. The monoisotopic (exact) mass is 305 g/mol. The number of carbonyl (C=O) groups excluding carboxylic acids is 1. The Labute approximate surface area is 122 Å². The number of aliphatic hydroxyl groups is 1. The van der Waals surface area contributed by atoms with Crippen LogP contribution in [0.4, 0.5) is 0 Å². The molecule has 0 spiro atoms. The summed E-state index contributed by atoms with van der Waals surface area (Å²) in [5.74, 6) is 0.0561. The molecule has 106 valence electrons. The lowest BCUT2D eigenvalue weighted by Crippen LogP contribution is -2.50. The van der Waals surface area contributed by atoms with Crippen LogP contribution in [0.3, 0.4) is 0 Å². The van der Waals surface area contributed by atoms with Gasteiger partial charge in [-0.2, -0.15) is 0 Å². The molecule has 1 rings (SSSR count). The smallest absolute Gasteiger partial charge is 0.261 e. The van der Waals surface area contributed by atoms with Crippen molar-refractivity contribution in [3.63, 3.8) is 0 Å². The zero-order chi connectivity index (χ0) is 14.6. The van der Waals surface area contributed by atoms with Gasteiger partial charge in [-0.25, -0.2) is 0 Å². The molecule has 0 saturated carbocycles. The largest absolute Gasteiger partial charge is 0.479 e. The van der Waals surface area contributed by atoms with Gasteiger partial charge in [0, 0.05) is 5.02 Å². The number of halogens is 2. The average molecular weight is 306 g/mol. The molecule has 0 aliphatic heterocycles. The van der Waals surface area contributed by atoms with Crippen LogP contribution in [0.5, 0.6) is 5.75 Å². The Balaban J connectivity index is 2.69. The fourth-order valence-electron chi connectivity index (χ4n) is 1.29. The molecule has 0 heterocycles. The molecule has 1 atom stereocenters. The fraction of sp³-hybridized carbons (Fsp3) is 0.462. The summed E-state index contributed by atoms with van der Waals surface area (Å²) >= 11 is 11.7. The topological polar surface area (TPSA) is 58.6 Å². The van der Waals surface area contributed by atoms with E-state index in [0.29, 0.717) is 15.8 Å². The number of benzene rings is 1. The first-order valence-corrected chi connectivity index (χ1v) is 6.55. The maximum atomic E-state index is 11.9. The first-order valence-electron chi connectivity index (χ1n) is 5.80. The Morgan fingerprint density at radius 2 is 2.11 bits per heavy atom. The van der Waals surface area contributed by atoms with Gasteiger partial charge in [0.2, 0.25) is 0 Å². The van der Waals surface area contributed by atoms with Gasteiger partial charge in [-0.3, -0.25) is 4.79 Å². The molecular formula is C13H17Cl2NO3. The van der Waals surface area contributed by atoms with Gasteiger partial charge in [0.05, 0.1) is 17.2 Å². The van der Waals surface area contributed by atoms with E-state index in [1.54, 1.807) is 39.0 Å². The molecule has 0 aromatic heterocycles. The Morgan fingerprint density at radius 1 is 1.47 bits per heavy atom. The third-order valence-corrected chi connectivity index (χ3v) is 2.95. The highest BCUT2D eigenvalue weighted by Crippen LogP contribution is 2.28. The number of rotatable bonds is 5. The average Bonchev–Trinajstić information content (AvgIpc) is 2.32. The number of hydrogen-bond donors (Lipinski definition) is 2. The van der Waals surface area contributed by atoms with Crippen molar-refractivity contribution in [3.8, 4) is 5.75 Å². The standard InChI is InChI=1S/C13H17Cl2NO3/c1-8(12(18)16-13(2,3)7-17)19-11-5-4-9(14)6-10(11)15/h4-6,8,17H,7H2,1-3H3,(H,16,18).